The third-order valence-electron chi connectivity index (χ3n) is 8.91. The molecule has 0 aromatic carbocycles. The highest BCUT2D eigenvalue weighted by Crippen LogP contribution is 2.43. The molecule has 0 amide bonds. The highest BCUT2D eigenvalue weighted by atomic mass is 31.2. The van der Waals surface area contributed by atoms with E-state index >= 15 is 0 Å². The summed E-state index contributed by atoms with van der Waals surface area (Å²) in [4.78, 5) is 35.3. The average molecular weight is 833 g/mol. The molecule has 0 radical (unpaired) electrons. The molecule has 9 nitrogen and oxygen atoms in total. The van der Waals surface area contributed by atoms with Crippen LogP contribution in [0.15, 0.2) is 85.1 Å². The monoisotopic (exact) mass is 833 g/mol. The molecular formula is C48H83NO8P+. The molecule has 0 aromatic rings. The van der Waals surface area contributed by atoms with Crippen molar-refractivity contribution in [1.82, 2.24) is 0 Å². The molecule has 2 unspecified atom stereocenters. The van der Waals surface area contributed by atoms with Crippen molar-refractivity contribution < 1.29 is 42.1 Å². The first-order valence-electron chi connectivity index (χ1n) is 22.3. The van der Waals surface area contributed by atoms with Gasteiger partial charge >= 0.3 is 19.8 Å². The summed E-state index contributed by atoms with van der Waals surface area (Å²) >= 11 is 0. The molecule has 0 bridgehead atoms. The van der Waals surface area contributed by atoms with Gasteiger partial charge in [-0.25, -0.2) is 4.57 Å². The third kappa shape index (κ3) is 42.8. The number of rotatable bonds is 39. The van der Waals surface area contributed by atoms with Crippen molar-refractivity contribution in [3.05, 3.63) is 85.1 Å². The van der Waals surface area contributed by atoms with E-state index in [1.54, 1.807) is 0 Å². The Balaban J connectivity index is 4.47. The maximum atomic E-state index is 12.7. The van der Waals surface area contributed by atoms with Crippen molar-refractivity contribution in [2.75, 3.05) is 47.5 Å². The molecule has 0 spiro atoms. The molecule has 0 saturated carbocycles. The van der Waals surface area contributed by atoms with E-state index in [1.807, 2.05) is 21.1 Å². The van der Waals surface area contributed by atoms with Gasteiger partial charge in [0.05, 0.1) is 27.7 Å². The van der Waals surface area contributed by atoms with E-state index in [0.29, 0.717) is 17.4 Å². The minimum Gasteiger partial charge on any atom is -0.462 e. The maximum absolute atomic E-state index is 12.7. The molecule has 2 atom stereocenters. The second kappa shape index (κ2) is 39.6. The molecule has 332 valence electrons. The summed E-state index contributed by atoms with van der Waals surface area (Å²) in [7, 11) is 1.43. The van der Waals surface area contributed by atoms with Crippen LogP contribution in [0, 0.1) is 0 Å². The molecular weight excluding hydrogens is 750 g/mol. The van der Waals surface area contributed by atoms with Crippen molar-refractivity contribution in [3.8, 4) is 0 Å². The van der Waals surface area contributed by atoms with E-state index < -0.39 is 32.5 Å². The summed E-state index contributed by atoms with van der Waals surface area (Å²) < 4.78 is 34.2. The standard InChI is InChI=1S/C48H82NO8P/c1-6-8-10-12-14-16-18-20-21-22-23-24-25-26-27-29-31-33-35-37-39-41-48(51)57-46(45-56-58(52,53)55-43-42-49(3,4)5)44-54-47(50)40-38-36-34-32-30-28-19-17-15-13-11-9-7-2/h8,10,14,16-17,19-21,23-24,26-27,31,33,46H,6-7,9,11-13,15,18,22,25,28-30,32,34-45H2,1-5H3/p+1/b10-8-,16-14-,19-17-,21-20-,24-23-,27-26-,33-31-. The number of carbonyl (C=O) groups excluding carboxylic acids is 2. The SMILES string of the molecule is CC/C=C\C/C=C\C/C=C\C/C=C\C/C=C\C/C=C\CCCCC(=O)OC(COC(=O)CCCCCCC/C=C\CCCCCC)COP(=O)(O)OCC[N+](C)(C)C. The van der Waals surface area contributed by atoms with E-state index in [1.165, 1.54) is 32.1 Å². The van der Waals surface area contributed by atoms with E-state index in [9.17, 15) is 19.0 Å². The van der Waals surface area contributed by atoms with Crippen molar-refractivity contribution in [1.29, 1.82) is 0 Å². The fourth-order valence-corrected chi connectivity index (χ4v) is 6.16. The van der Waals surface area contributed by atoms with Crippen molar-refractivity contribution in [2.45, 2.75) is 161 Å². The fraction of sp³-hybridized carbons (Fsp3) is 0.667. The van der Waals surface area contributed by atoms with Crippen LogP contribution >= 0.6 is 7.82 Å². The van der Waals surface area contributed by atoms with Crippen molar-refractivity contribution in [3.63, 3.8) is 0 Å². The Kier molecular flexibility index (Phi) is 37.7. The van der Waals surface area contributed by atoms with Crippen molar-refractivity contribution >= 4 is 19.8 Å². The van der Waals surface area contributed by atoms with Crippen LogP contribution in [0.1, 0.15) is 155 Å². The lowest BCUT2D eigenvalue weighted by atomic mass is 10.1. The Labute approximate surface area is 354 Å². The van der Waals surface area contributed by atoms with Gasteiger partial charge in [0, 0.05) is 12.8 Å². The summed E-state index contributed by atoms with van der Waals surface area (Å²) in [6.07, 6.45) is 50.6. The summed E-state index contributed by atoms with van der Waals surface area (Å²) in [6.45, 7) is 4.21. The van der Waals surface area contributed by atoms with Gasteiger partial charge in [0.2, 0.25) is 0 Å². The normalized spacial score (nSPS) is 14.4. The maximum Gasteiger partial charge on any atom is 0.472 e. The van der Waals surface area contributed by atoms with Crippen LogP contribution in [-0.2, 0) is 32.7 Å². The van der Waals surface area contributed by atoms with Crippen LogP contribution in [-0.4, -0.2) is 74.9 Å². The second-order valence-corrected chi connectivity index (χ2v) is 17.1. The minimum absolute atomic E-state index is 0.0172. The molecule has 0 heterocycles. The smallest absolute Gasteiger partial charge is 0.462 e. The van der Waals surface area contributed by atoms with Gasteiger partial charge in [-0.3, -0.25) is 18.6 Å². The predicted octanol–water partition coefficient (Wildman–Crippen LogP) is 12.8. The summed E-state index contributed by atoms with van der Waals surface area (Å²) in [6, 6.07) is 0. The van der Waals surface area contributed by atoms with Gasteiger partial charge in [0.15, 0.2) is 6.10 Å². The molecule has 10 heteroatoms. The van der Waals surface area contributed by atoms with Crippen LogP contribution in [0.25, 0.3) is 0 Å². The molecule has 0 aliphatic rings. The highest BCUT2D eigenvalue weighted by molar-refractivity contribution is 7.47. The lowest BCUT2D eigenvalue weighted by molar-refractivity contribution is -0.870. The van der Waals surface area contributed by atoms with Crippen LogP contribution in [0.5, 0.6) is 0 Å². The Morgan fingerprint density at radius 3 is 1.52 bits per heavy atom. The predicted molar refractivity (Wildman–Crippen MR) is 242 cm³/mol. The number of hydrogen-bond donors (Lipinski definition) is 1. The number of phosphoric acid groups is 1. The average Bonchev–Trinajstić information content (AvgIpc) is 3.17. The zero-order valence-corrected chi connectivity index (χ0v) is 38.1. The quantitative estimate of drug-likeness (QED) is 0.0214. The Hall–Kier alpha value is -2.81. The molecule has 0 aromatic heterocycles. The first-order valence-corrected chi connectivity index (χ1v) is 23.8. The van der Waals surface area contributed by atoms with Gasteiger partial charge in [-0.1, -0.05) is 137 Å². The Morgan fingerprint density at radius 1 is 0.552 bits per heavy atom. The van der Waals surface area contributed by atoms with Crippen molar-refractivity contribution in [2.24, 2.45) is 0 Å². The lowest BCUT2D eigenvalue weighted by Gasteiger charge is -2.24. The topological polar surface area (TPSA) is 108 Å². The minimum atomic E-state index is -4.39. The van der Waals surface area contributed by atoms with Crippen LogP contribution in [0.3, 0.4) is 0 Å². The second-order valence-electron chi connectivity index (χ2n) is 15.7. The Morgan fingerprint density at radius 2 is 0.983 bits per heavy atom. The summed E-state index contributed by atoms with van der Waals surface area (Å²) in [5.74, 6) is -0.868. The lowest BCUT2D eigenvalue weighted by Crippen LogP contribution is -2.37. The van der Waals surface area contributed by atoms with Gasteiger partial charge in [0.1, 0.15) is 19.8 Å². The molecule has 58 heavy (non-hydrogen) atoms. The zero-order chi connectivity index (χ0) is 42.8. The van der Waals surface area contributed by atoms with E-state index in [0.717, 1.165) is 89.9 Å². The van der Waals surface area contributed by atoms with Crippen LogP contribution in [0.4, 0.5) is 0 Å². The van der Waals surface area contributed by atoms with Gasteiger partial charge in [-0.05, 0) is 89.9 Å². The van der Waals surface area contributed by atoms with Crippen LogP contribution in [0.2, 0.25) is 0 Å². The number of nitrogens with zero attached hydrogens (tertiary/aromatic N) is 1. The number of esters is 2. The fourth-order valence-electron chi connectivity index (χ4n) is 5.42. The third-order valence-corrected chi connectivity index (χ3v) is 9.89. The number of ether oxygens (including phenoxy) is 2. The van der Waals surface area contributed by atoms with Gasteiger partial charge in [-0.15, -0.1) is 0 Å². The van der Waals surface area contributed by atoms with Gasteiger partial charge < -0.3 is 18.9 Å². The van der Waals surface area contributed by atoms with Crippen LogP contribution < -0.4 is 0 Å². The molecule has 0 aliphatic carbocycles. The summed E-state index contributed by atoms with van der Waals surface area (Å²) in [5, 5.41) is 0. The number of phosphoric ester groups is 1. The Bertz CT molecular complexity index is 1260. The molecule has 0 saturated heterocycles. The molecule has 0 aliphatic heterocycles. The number of carbonyl (C=O) groups is 2. The van der Waals surface area contributed by atoms with Gasteiger partial charge in [0.25, 0.3) is 0 Å². The number of quaternary nitrogens is 1. The van der Waals surface area contributed by atoms with E-state index in [-0.39, 0.29) is 26.1 Å². The largest absolute Gasteiger partial charge is 0.472 e. The first-order chi connectivity index (χ1) is 28.0. The first kappa shape index (κ1) is 55.2. The summed E-state index contributed by atoms with van der Waals surface area (Å²) in [5.41, 5.74) is 0. The number of likely N-dealkylation sites (N-methyl/N-ethyl adjacent to an activating group) is 1. The van der Waals surface area contributed by atoms with Gasteiger partial charge in [-0.2, -0.15) is 0 Å². The molecule has 0 fully saturated rings. The zero-order valence-electron chi connectivity index (χ0n) is 37.2. The van der Waals surface area contributed by atoms with E-state index in [2.05, 4.69) is 98.9 Å². The number of allylic oxidation sites excluding steroid dienone is 14. The highest BCUT2D eigenvalue weighted by Gasteiger charge is 2.27. The number of unbranched alkanes of at least 4 members (excludes halogenated alkanes) is 11. The molecule has 0 rings (SSSR count). The molecule has 1 N–H and O–H groups in total. The van der Waals surface area contributed by atoms with E-state index in [4.69, 9.17) is 18.5 Å². The number of hydrogen-bond acceptors (Lipinski definition) is 7.